The van der Waals surface area contributed by atoms with Gasteiger partial charge in [0.1, 0.15) is 5.75 Å². The van der Waals surface area contributed by atoms with Crippen molar-refractivity contribution in [3.8, 4) is 11.8 Å². The second kappa shape index (κ2) is 6.24. The number of hydrogen-bond donors (Lipinski definition) is 1. The zero-order valence-corrected chi connectivity index (χ0v) is 11.9. The highest BCUT2D eigenvalue weighted by Gasteiger charge is 2.22. The van der Waals surface area contributed by atoms with Gasteiger partial charge in [0.2, 0.25) is 0 Å². The van der Waals surface area contributed by atoms with Gasteiger partial charge in [-0.1, -0.05) is 32.9 Å². The normalized spacial score (nSPS) is 10.7. The van der Waals surface area contributed by atoms with E-state index in [1.807, 2.05) is 26.0 Å². The summed E-state index contributed by atoms with van der Waals surface area (Å²) < 4.78 is 5.31. The molecule has 0 atom stereocenters. The molecule has 0 aliphatic rings. The first-order valence-electron chi connectivity index (χ1n) is 6.30. The molecule has 0 bridgehead atoms. The number of methoxy groups -OCH3 is 1. The van der Waals surface area contributed by atoms with Crippen LogP contribution in [0.5, 0.6) is 5.75 Å². The lowest BCUT2D eigenvalue weighted by molar-refractivity contribution is -0.116. The highest BCUT2D eigenvalue weighted by atomic mass is 16.5. The van der Waals surface area contributed by atoms with Crippen molar-refractivity contribution in [3.63, 3.8) is 0 Å². The van der Waals surface area contributed by atoms with Gasteiger partial charge in [-0.3, -0.25) is 4.79 Å². The van der Waals surface area contributed by atoms with Gasteiger partial charge in [-0.05, 0) is 23.6 Å². The highest BCUT2D eigenvalue weighted by molar-refractivity contribution is 5.91. The van der Waals surface area contributed by atoms with E-state index >= 15 is 0 Å². The van der Waals surface area contributed by atoms with E-state index < -0.39 is 5.91 Å². The maximum Gasteiger partial charge on any atom is 0.322 e. The van der Waals surface area contributed by atoms with Gasteiger partial charge in [-0.2, -0.15) is 5.26 Å². The van der Waals surface area contributed by atoms with Gasteiger partial charge in [0.15, 0.2) is 6.07 Å². The Kier molecular flexibility index (Phi) is 4.94. The molecular weight excluding hydrogens is 240 g/mol. The van der Waals surface area contributed by atoms with Crippen LogP contribution in [0.15, 0.2) is 18.2 Å². The molecule has 0 aromatic heterocycles. The predicted octanol–water partition coefficient (Wildman–Crippen LogP) is 2.17. The van der Waals surface area contributed by atoms with Gasteiger partial charge in [-0.25, -0.2) is 0 Å². The SMILES string of the molecule is CCc1cc(C(C)(C)CNC(=O)C#N)ccc1OC. The number of aryl methyl sites for hydroxylation is 1. The largest absolute Gasteiger partial charge is 0.496 e. The minimum absolute atomic E-state index is 0.233. The fourth-order valence-corrected chi connectivity index (χ4v) is 1.92. The fourth-order valence-electron chi connectivity index (χ4n) is 1.92. The van der Waals surface area contributed by atoms with Crippen LogP contribution >= 0.6 is 0 Å². The average molecular weight is 260 g/mol. The smallest absolute Gasteiger partial charge is 0.322 e. The first-order valence-corrected chi connectivity index (χ1v) is 6.30. The van der Waals surface area contributed by atoms with Crippen molar-refractivity contribution in [3.05, 3.63) is 29.3 Å². The quantitative estimate of drug-likeness (QED) is 0.825. The molecule has 0 radical (unpaired) electrons. The van der Waals surface area contributed by atoms with Gasteiger partial charge < -0.3 is 10.1 Å². The third-order valence-corrected chi connectivity index (χ3v) is 3.24. The molecule has 0 heterocycles. The lowest BCUT2D eigenvalue weighted by Crippen LogP contribution is -2.36. The third kappa shape index (κ3) is 3.72. The van der Waals surface area contributed by atoms with Gasteiger partial charge in [0, 0.05) is 12.0 Å². The van der Waals surface area contributed by atoms with E-state index in [-0.39, 0.29) is 5.41 Å². The molecule has 1 rings (SSSR count). The standard InChI is InChI=1S/C15H20N2O2/c1-5-11-8-12(6-7-13(11)19-4)15(2,3)10-17-14(18)9-16/h6-8H,5,10H2,1-4H3,(H,17,18). The Bertz CT molecular complexity index is 501. The molecule has 1 aromatic carbocycles. The number of ether oxygens (including phenoxy) is 1. The number of nitrogens with one attached hydrogen (secondary N) is 1. The minimum atomic E-state index is -0.600. The summed E-state index contributed by atoms with van der Waals surface area (Å²) in [7, 11) is 1.66. The van der Waals surface area contributed by atoms with Crippen LogP contribution in [-0.4, -0.2) is 19.6 Å². The molecule has 0 aliphatic heterocycles. The number of carbonyl (C=O) groups is 1. The molecule has 0 spiro atoms. The Balaban J connectivity index is 2.95. The molecule has 4 nitrogen and oxygen atoms in total. The molecule has 0 saturated carbocycles. The van der Waals surface area contributed by atoms with Crippen molar-refractivity contribution in [2.45, 2.75) is 32.6 Å². The average Bonchev–Trinajstić information content (AvgIpc) is 2.43. The summed E-state index contributed by atoms with van der Waals surface area (Å²) >= 11 is 0. The maximum atomic E-state index is 11.0. The summed E-state index contributed by atoms with van der Waals surface area (Å²) in [6, 6.07) is 7.60. The molecule has 0 aliphatic carbocycles. The number of benzene rings is 1. The van der Waals surface area contributed by atoms with Gasteiger partial charge in [-0.15, -0.1) is 0 Å². The van der Waals surface area contributed by atoms with Crippen LogP contribution in [-0.2, 0) is 16.6 Å². The summed E-state index contributed by atoms with van der Waals surface area (Å²) in [5, 5.41) is 11.1. The maximum absolute atomic E-state index is 11.0. The van der Waals surface area contributed by atoms with E-state index in [9.17, 15) is 4.79 Å². The van der Waals surface area contributed by atoms with E-state index in [4.69, 9.17) is 10.00 Å². The number of carbonyl (C=O) groups excluding carboxylic acids is 1. The van der Waals surface area contributed by atoms with Crippen LogP contribution in [0.4, 0.5) is 0 Å². The Morgan fingerprint density at radius 3 is 2.68 bits per heavy atom. The van der Waals surface area contributed by atoms with Crippen molar-refractivity contribution in [1.82, 2.24) is 5.32 Å². The third-order valence-electron chi connectivity index (χ3n) is 3.24. The molecular formula is C15H20N2O2. The number of nitrogens with zero attached hydrogens (tertiary/aromatic N) is 1. The van der Waals surface area contributed by atoms with Gasteiger partial charge in [0.25, 0.3) is 0 Å². The number of amides is 1. The molecule has 1 aromatic rings. The molecule has 0 fully saturated rings. The van der Waals surface area contributed by atoms with Crippen LogP contribution in [0, 0.1) is 11.3 Å². The fraction of sp³-hybridized carbons (Fsp3) is 0.467. The summed E-state index contributed by atoms with van der Waals surface area (Å²) in [6.45, 7) is 6.57. The second-order valence-electron chi connectivity index (χ2n) is 5.06. The monoisotopic (exact) mass is 260 g/mol. The predicted molar refractivity (Wildman–Crippen MR) is 74.0 cm³/mol. The van der Waals surface area contributed by atoms with Crippen LogP contribution in [0.3, 0.4) is 0 Å². The Labute approximate surface area is 114 Å². The van der Waals surface area contributed by atoms with E-state index in [0.717, 1.165) is 23.3 Å². The Hall–Kier alpha value is -2.02. The minimum Gasteiger partial charge on any atom is -0.496 e. The lowest BCUT2D eigenvalue weighted by atomic mass is 9.83. The first kappa shape index (κ1) is 15.0. The zero-order chi connectivity index (χ0) is 14.5. The van der Waals surface area contributed by atoms with Crippen molar-refractivity contribution in [1.29, 1.82) is 5.26 Å². The second-order valence-corrected chi connectivity index (χ2v) is 5.06. The number of rotatable bonds is 5. The van der Waals surface area contributed by atoms with Gasteiger partial charge >= 0.3 is 5.91 Å². The number of nitriles is 1. The zero-order valence-electron chi connectivity index (χ0n) is 11.9. The van der Waals surface area contributed by atoms with Crippen LogP contribution in [0.1, 0.15) is 31.9 Å². The van der Waals surface area contributed by atoms with Crippen LogP contribution < -0.4 is 10.1 Å². The van der Waals surface area contributed by atoms with Crippen molar-refractivity contribution in [2.24, 2.45) is 0 Å². The molecule has 0 unspecified atom stereocenters. The topological polar surface area (TPSA) is 62.1 Å². The molecule has 19 heavy (non-hydrogen) atoms. The van der Waals surface area contributed by atoms with E-state index in [1.54, 1.807) is 13.2 Å². The van der Waals surface area contributed by atoms with Crippen molar-refractivity contribution >= 4 is 5.91 Å². The van der Waals surface area contributed by atoms with E-state index in [0.29, 0.717) is 6.54 Å². The van der Waals surface area contributed by atoms with Crippen molar-refractivity contribution < 1.29 is 9.53 Å². The molecule has 1 N–H and O–H groups in total. The Morgan fingerprint density at radius 2 is 2.16 bits per heavy atom. The summed E-state index contributed by atoms with van der Waals surface area (Å²) in [6.07, 6.45) is 0.887. The lowest BCUT2D eigenvalue weighted by Gasteiger charge is -2.26. The van der Waals surface area contributed by atoms with E-state index in [2.05, 4.69) is 18.3 Å². The Morgan fingerprint density at radius 1 is 1.47 bits per heavy atom. The van der Waals surface area contributed by atoms with Crippen LogP contribution in [0.25, 0.3) is 0 Å². The molecule has 102 valence electrons. The van der Waals surface area contributed by atoms with Gasteiger partial charge in [0.05, 0.1) is 7.11 Å². The molecule has 4 heteroatoms. The summed E-state index contributed by atoms with van der Waals surface area (Å²) in [5.41, 5.74) is 2.02. The molecule has 0 saturated heterocycles. The van der Waals surface area contributed by atoms with Crippen LogP contribution in [0.2, 0.25) is 0 Å². The summed E-state index contributed by atoms with van der Waals surface area (Å²) in [5.74, 6) is 0.278. The molecule has 1 amide bonds. The van der Waals surface area contributed by atoms with Crippen molar-refractivity contribution in [2.75, 3.05) is 13.7 Å². The number of hydrogen-bond acceptors (Lipinski definition) is 3. The summed E-state index contributed by atoms with van der Waals surface area (Å²) in [4.78, 5) is 11.0. The highest BCUT2D eigenvalue weighted by Crippen LogP contribution is 2.28. The first-order chi connectivity index (χ1) is 8.94. The van der Waals surface area contributed by atoms with E-state index in [1.165, 1.54) is 0 Å².